The number of fused-ring (bicyclic) bond motifs is 5. The zero-order valence-corrected chi connectivity index (χ0v) is 16.9. The van der Waals surface area contributed by atoms with Gasteiger partial charge in [0.2, 0.25) is 0 Å². The largest absolute Gasteiger partial charge is 0.462 e. The Kier molecular flexibility index (Phi) is 4.44. The molecule has 0 aromatic rings. The standard InChI is InChI=1S/C23H34O4/c1-5-23(26)11-8-18-20-17(7-10-22(18,23)4)21(3)9-6-16(25)12-15(21)13-19(20)27-14(2)24/h1,15-20,25-26H,6-13H2,2-4H3/t15?,16-,17-,18-,19-,20+,21-,22-,23-/m0/s1. The van der Waals surface area contributed by atoms with Crippen molar-refractivity contribution in [3.8, 4) is 12.3 Å². The lowest BCUT2D eigenvalue weighted by Gasteiger charge is -2.62. The minimum Gasteiger partial charge on any atom is -0.462 e. The summed E-state index contributed by atoms with van der Waals surface area (Å²) in [4.78, 5) is 11.9. The predicted molar refractivity (Wildman–Crippen MR) is 102 cm³/mol. The highest BCUT2D eigenvalue weighted by molar-refractivity contribution is 5.66. The van der Waals surface area contributed by atoms with E-state index in [1.807, 2.05) is 0 Å². The van der Waals surface area contributed by atoms with Gasteiger partial charge in [-0.05, 0) is 74.5 Å². The van der Waals surface area contributed by atoms with Crippen LogP contribution >= 0.6 is 0 Å². The highest BCUT2D eigenvalue weighted by Gasteiger charge is 2.66. The molecule has 4 saturated carbocycles. The van der Waals surface area contributed by atoms with E-state index >= 15 is 0 Å². The lowest BCUT2D eigenvalue weighted by atomic mass is 9.43. The third-order valence-corrected chi connectivity index (χ3v) is 9.34. The van der Waals surface area contributed by atoms with E-state index in [0.717, 1.165) is 44.9 Å². The van der Waals surface area contributed by atoms with Crippen molar-refractivity contribution in [1.29, 1.82) is 0 Å². The molecule has 27 heavy (non-hydrogen) atoms. The van der Waals surface area contributed by atoms with Crippen LogP contribution in [0.5, 0.6) is 0 Å². The summed E-state index contributed by atoms with van der Waals surface area (Å²) in [6, 6.07) is 0. The van der Waals surface area contributed by atoms with Crippen LogP contribution in [0.1, 0.15) is 72.1 Å². The van der Waals surface area contributed by atoms with Gasteiger partial charge in [-0.1, -0.05) is 19.8 Å². The van der Waals surface area contributed by atoms with E-state index in [1.54, 1.807) is 0 Å². The Labute approximate surface area is 163 Å². The van der Waals surface area contributed by atoms with E-state index in [1.165, 1.54) is 6.92 Å². The van der Waals surface area contributed by atoms with Crippen LogP contribution in [-0.4, -0.2) is 34.0 Å². The van der Waals surface area contributed by atoms with Crippen molar-refractivity contribution in [2.75, 3.05) is 0 Å². The minimum absolute atomic E-state index is 0.124. The fraction of sp³-hybridized carbons (Fsp3) is 0.870. The molecule has 4 aliphatic carbocycles. The zero-order valence-electron chi connectivity index (χ0n) is 16.9. The van der Waals surface area contributed by atoms with Gasteiger partial charge in [-0.15, -0.1) is 6.42 Å². The Morgan fingerprint density at radius 2 is 1.81 bits per heavy atom. The first kappa shape index (κ1) is 19.3. The molecule has 0 spiro atoms. The number of esters is 1. The van der Waals surface area contributed by atoms with Gasteiger partial charge in [-0.2, -0.15) is 0 Å². The lowest BCUT2D eigenvalue weighted by molar-refractivity contribution is -0.199. The lowest BCUT2D eigenvalue weighted by Crippen LogP contribution is -2.61. The van der Waals surface area contributed by atoms with E-state index in [9.17, 15) is 15.0 Å². The summed E-state index contributed by atoms with van der Waals surface area (Å²) in [5.74, 6) is 3.89. The number of aliphatic hydroxyl groups excluding tert-OH is 1. The second kappa shape index (κ2) is 6.22. The molecule has 0 aromatic carbocycles. The first-order chi connectivity index (χ1) is 12.6. The van der Waals surface area contributed by atoms with Crippen LogP contribution in [-0.2, 0) is 9.53 Å². The average molecular weight is 375 g/mol. The molecule has 0 bridgehead atoms. The van der Waals surface area contributed by atoms with Gasteiger partial charge in [0.05, 0.1) is 6.10 Å². The zero-order chi connectivity index (χ0) is 19.6. The molecule has 0 amide bonds. The Hall–Kier alpha value is -1.05. The van der Waals surface area contributed by atoms with Crippen LogP contribution in [0.3, 0.4) is 0 Å². The van der Waals surface area contributed by atoms with E-state index in [0.29, 0.717) is 18.3 Å². The average Bonchev–Trinajstić information content (AvgIpc) is 2.88. The molecule has 4 nitrogen and oxygen atoms in total. The van der Waals surface area contributed by atoms with Crippen molar-refractivity contribution in [1.82, 2.24) is 0 Å². The smallest absolute Gasteiger partial charge is 0.302 e. The quantitative estimate of drug-likeness (QED) is 0.546. The summed E-state index contributed by atoms with van der Waals surface area (Å²) < 4.78 is 5.89. The van der Waals surface area contributed by atoms with Gasteiger partial charge in [-0.3, -0.25) is 4.79 Å². The third kappa shape index (κ3) is 2.61. The molecule has 0 radical (unpaired) electrons. The molecular formula is C23H34O4. The number of aliphatic hydroxyl groups is 2. The molecule has 4 rings (SSSR count). The van der Waals surface area contributed by atoms with Crippen LogP contribution in [0, 0.1) is 46.8 Å². The van der Waals surface area contributed by atoms with E-state index in [4.69, 9.17) is 11.2 Å². The number of ether oxygens (including phenoxy) is 1. The maximum absolute atomic E-state index is 11.9. The van der Waals surface area contributed by atoms with Crippen LogP contribution in [0.15, 0.2) is 0 Å². The minimum atomic E-state index is -1.05. The summed E-state index contributed by atoms with van der Waals surface area (Å²) in [7, 11) is 0. The molecule has 1 unspecified atom stereocenters. The molecule has 4 fully saturated rings. The summed E-state index contributed by atoms with van der Waals surface area (Å²) in [6.45, 7) is 6.05. The van der Waals surface area contributed by atoms with E-state index in [2.05, 4.69) is 19.8 Å². The molecule has 0 heterocycles. The topological polar surface area (TPSA) is 66.8 Å². The maximum atomic E-state index is 11.9. The highest BCUT2D eigenvalue weighted by atomic mass is 16.5. The Balaban J connectivity index is 1.73. The van der Waals surface area contributed by atoms with Crippen LogP contribution < -0.4 is 0 Å². The summed E-state index contributed by atoms with van der Waals surface area (Å²) in [5.41, 5.74) is -1.18. The van der Waals surface area contributed by atoms with Crippen molar-refractivity contribution >= 4 is 5.97 Å². The summed E-state index contributed by atoms with van der Waals surface area (Å²) in [5, 5.41) is 21.4. The number of rotatable bonds is 1. The number of carbonyl (C=O) groups is 1. The molecule has 0 saturated heterocycles. The van der Waals surface area contributed by atoms with Crippen LogP contribution in [0.2, 0.25) is 0 Å². The molecule has 4 aliphatic rings. The highest BCUT2D eigenvalue weighted by Crippen LogP contribution is 2.68. The van der Waals surface area contributed by atoms with Crippen molar-refractivity contribution in [2.45, 2.75) is 89.9 Å². The van der Waals surface area contributed by atoms with Gasteiger partial charge in [0.15, 0.2) is 0 Å². The second-order valence-corrected chi connectivity index (χ2v) is 10.3. The molecule has 0 aromatic heterocycles. The van der Waals surface area contributed by atoms with Gasteiger partial charge >= 0.3 is 5.97 Å². The van der Waals surface area contributed by atoms with Gasteiger partial charge in [0, 0.05) is 18.3 Å². The number of carbonyl (C=O) groups excluding carboxylic acids is 1. The Bertz CT molecular complexity index is 668. The SMILES string of the molecule is C#C[C@]1(O)CC[C@H]2[C@@H]3[C@@H](OC(C)=O)CC4C[C@@H](O)CC[C@]4(C)[C@H]3CC[C@@]21C. The van der Waals surface area contributed by atoms with Crippen molar-refractivity contribution in [3.05, 3.63) is 0 Å². The fourth-order valence-corrected chi connectivity index (χ4v) is 7.77. The molecule has 4 heteroatoms. The molecule has 0 aliphatic heterocycles. The van der Waals surface area contributed by atoms with E-state index < -0.39 is 5.60 Å². The van der Waals surface area contributed by atoms with Crippen LogP contribution in [0.4, 0.5) is 0 Å². The van der Waals surface area contributed by atoms with Gasteiger partial charge in [0.1, 0.15) is 11.7 Å². The Morgan fingerprint density at radius 3 is 2.48 bits per heavy atom. The van der Waals surface area contributed by atoms with Gasteiger partial charge in [-0.25, -0.2) is 0 Å². The van der Waals surface area contributed by atoms with Crippen molar-refractivity contribution in [3.63, 3.8) is 0 Å². The molecular weight excluding hydrogens is 340 g/mol. The molecule has 150 valence electrons. The second-order valence-electron chi connectivity index (χ2n) is 10.3. The summed E-state index contributed by atoms with van der Waals surface area (Å²) in [6.07, 6.45) is 12.5. The Morgan fingerprint density at radius 1 is 1.11 bits per heavy atom. The maximum Gasteiger partial charge on any atom is 0.302 e. The fourth-order valence-electron chi connectivity index (χ4n) is 7.77. The molecule has 2 N–H and O–H groups in total. The third-order valence-electron chi connectivity index (χ3n) is 9.34. The van der Waals surface area contributed by atoms with Gasteiger partial charge in [0.25, 0.3) is 0 Å². The van der Waals surface area contributed by atoms with Crippen molar-refractivity contribution < 1.29 is 19.7 Å². The number of terminal acetylenes is 1. The monoisotopic (exact) mass is 374 g/mol. The first-order valence-electron chi connectivity index (χ1n) is 10.7. The van der Waals surface area contributed by atoms with Crippen LogP contribution in [0.25, 0.3) is 0 Å². The number of hydrogen-bond acceptors (Lipinski definition) is 4. The predicted octanol–water partition coefficient (Wildman–Crippen LogP) is 3.30. The number of hydrogen-bond donors (Lipinski definition) is 2. The van der Waals surface area contributed by atoms with Crippen molar-refractivity contribution in [2.24, 2.45) is 34.5 Å². The van der Waals surface area contributed by atoms with Gasteiger partial charge < -0.3 is 14.9 Å². The van der Waals surface area contributed by atoms with E-state index in [-0.39, 0.29) is 40.8 Å². The molecule has 9 atom stereocenters. The normalized spacial score (nSPS) is 54.2. The summed E-state index contributed by atoms with van der Waals surface area (Å²) >= 11 is 0. The first-order valence-corrected chi connectivity index (χ1v) is 10.7.